The lowest BCUT2D eigenvalue weighted by Gasteiger charge is -2.41. The van der Waals surface area contributed by atoms with Gasteiger partial charge in [-0.3, -0.25) is 4.90 Å². The lowest BCUT2D eigenvalue weighted by molar-refractivity contribution is -0.142. The van der Waals surface area contributed by atoms with Crippen LogP contribution in [-0.2, 0) is 9.31 Å². The van der Waals surface area contributed by atoms with Gasteiger partial charge < -0.3 is 9.31 Å². The molecular weight excluding hydrogens is 330 g/mol. The van der Waals surface area contributed by atoms with Crippen LogP contribution in [0.3, 0.4) is 0 Å². The van der Waals surface area contributed by atoms with Crippen LogP contribution < -0.4 is 5.46 Å². The summed E-state index contributed by atoms with van der Waals surface area (Å²) in [5.41, 5.74) is 1.20. The Balaban J connectivity index is 1.64. The Morgan fingerprint density at radius 1 is 1.08 bits per heavy atom. The third kappa shape index (κ3) is 3.88. The van der Waals surface area contributed by atoms with Crippen molar-refractivity contribution in [3.63, 3.8) is 0 Å². The SMILES string of the molecule is CC1(C)OB(c2ccc(C3CCN3CCC(F)(F)F)cc2)OC1(C)C. The number of nitrogens with zero attached hydrogens (tertiary/aromatic N) is 1. The molecule has 1 aromatic carbocycles. The molecule has 2 aliphatic rings. The number of rotatable bonds is 4. The number of benzene rings is 1. The van der Waals surface area contributed by atoms with Crippen LogP contribution in [-0.4, -0.2) is 42.5 Å². The summed E-state index contributed by atoms with van der Waals surface area (Å²) in [6.07, 6.45) is -3.95. The smallest absolute Gasteiger partial charge is 0.399 e. The molecule has 0 amide bonds. The predicted octanol–water partition coefficient (Wildman–Crippen LogP) is 3.69. The fourth-order valence-corrected chi connectivity index (χ4v) is 3.21. The summed E-state index contributed by atoms with van der Waals surface area (Å²) in [6.45, 7) is 8.82. The van der Waals surface area contributed by atoms with Crippen molar-refractivity contribution in [2.75, 3.05) is 13.1 Å². The van der Waals surface area contributed by atoms with Gasteiger partial charge in [0.1, 0.15) is 0 Å². The zero-order chi connectivity index (χ0) is 18.5. The van der Waals surface area contributed by atoms with Crippen LogP contribution in [0.25, 0.3) is 0 Å². The van der Waals surface area contributed by atoms with Crippen LogP contribution in [0.5, 0.6) is 0 Å². The fourth-order valence-electron chi connectivity index (χ4n) is 3.21. The number of hydrogen-bond donors (Lipinski definition) is 0. The predicted molar refractivity (Wildman–Crippen MR) is 91.8 cm³/mol. The maximum absolute atomic E-state index is 12.4. The lowest BCUT2D eigenvalue weighted by atomic mass is 9.78. The van der Waals surface area contributed by atoms with E-state index in [-0.39, 0.29) is 12.6 Å². The first-order valence-corrected chi connectivity index (χ1v) is 8.75. The zero-order valence-corrected chi connectivity index (χ0v) is 15.2. The van der Waals surface area contributed by atoms with Crippen LogP contribution >= 0.6 is 0 Å². The first kappa shape index (κ1) is 18.7. The van der Waals surface area contributed by atoms with Crippen molar-refractivity contribution in [2.45, 2.75) is 64.0 Å². The van der Waals surface area contributed by atoms with Crippen molar-refractivity contribution in [3.05, 3.63) is 29.8 Å². The van der Waals surface area contributed by atoms with E-state index in [0.717, 1.165) is 24.0 Å². The van der Waals surface area contributed by atoms with E-state index >= 15 is 0 Å². The Kier molecular flexibility index (Phi) is 4.71. The van der Waals surface area contributed by atoms with Crippen LogP contribution in [0.2, 0.25) is 0 Å². The van der Waals surface area contributed by atoms with Gasteiger partial charge in [-0.15, -0.1) is 0 Å². The second-order valence-electron chi connectivity index (χ2n) is 7.96. The topological polar surface area (TPSA) is 21.7 Å². The second-order valence-corrected chi connectivity index (χ2v) is 7.96. The van der Waals surface area contributed by atoms with Crippen molar-refractivity contribution in [2.24, 2.45) is 0 Å². The van der Waals surface area contributed by atoms with Gasteiger partial charge in [0.2, 0.25) is 0 Å². The van der Waals surface area contributed by atoms with Gasteiger partial charge in [0.25, 0.3) is 0 Å². The number of likely N-dealkylation sites (tertiary alicyclic amines) is 1. The van der Waals surface area contributed by atoms with Crippen molar-refractivity contribution < 1.29 is 22.5 Å². The van der Waals surface area contributed by atoms with Crippen LogP contribution in [0.1, 0.15) is 52.1 Å². The molecule has 0 radical (unpaired) electrons. The molecule has 0 aromatic heterocycles. The summed E-state index contributed by atoms with van der Waals surface area (Å²) in [7, 11) is -0.415. The Bertz CT molecular complexity index is 600. The van der Waals surface area contributed by atoms with E-state index < -0.39 is 30.9 Å². The minimum Gasteiger partial charge on any atom is -0.399 e. The lowest BCUT2D eigenvalue weighted by Crippen LogP contribution is -2.42. The van der Waals surface area contributed by atoms with Gasteiger partial charge in [-0.1, -0.05) is 24.3 Å². The van der Waals surface area contributed by atoms with E-state index in [1.54, 1.807) is 0 Å². The highest BCUT2D eigenvalue weighted by Gasteiger charge is 2.51. The average Bonchev–Trinajstić information content (AvgIpc) is 2.66. The molecule has 0 N–H and O–H groups in total. The normalized spacial score (nSPS) is 25.9. The Morgan fingerprint density at radius 3 is 2.08 bits per heavy atom. The molecular formula is C18H25BF3NO2. The minimum absolute atomic E-state index is 0.0626. The third-order valence-corrected chi connectivity index (χ3v) is 5.66. The summed E-state index contributed by atoms with van der Waals surface area (Å²) in [4.78, 5) is 1.89. The molecule has 1 unspecified atom stereocenters. The summed E-state index contributed by atoms with van der Waals surface area (Å²) in [6, 6.07) is 7.94. The molecule has 138 valence electrons. The van der Waals surface area contributed by atoms with E-state index in [1.165, 1.54) is 0 Å². The van der Waals surface area contributed by atoms with E-state index in [9.17, 15) is 13.2 Å². The molecule has 0 aliphatic carbocycles. The first-order chi connectivity index (χ1) is 11.5. The van der Waals surface area contributed by atoms with E-state index in [1.807, 2.05) is 56.9 Å². The molecule has 2 heterocycles. The van der Waals surface area contributed by atoms with Gasteiger partial charge in [-0.2, -0.15) is 13.2 Å². The number of alkyl halides is 3. The summed E-state index contributed by atoms with van der Waals surface area (Å²) < 4.78 is 49.3. The molecule has 0 saturated carbocycles. The van der Waals surface area contributed by atoms with Gasteiger partial charge >= 0.3 is 13.3 Å². The number of halogens is 3. The third-order valence-electron chi connectivity index (χ3n) is 5.66. The van der Waals surface area contributed by atoms with Crippen molar-refractivity contribution in [3.8, 4) is 0 Å². The van der Waals surface area contributed by atoms with E-state index in [0.29, 0.717) is 0 Å². The highest BCUT2D eigenvalue weighted by molar-refractivity contribution is 6.62. The average molecular weight is 355 g/mol. The molecule has 25 heavy (non-hydrogen) atoms. The standard InChI is InChI=1S/C18H25BF3NO2/c1-16(2)17(3,4)25-19(24-16)14-7-5-13(6-8-14)15-9-11-23(15)12-10-18(20,21)22/h5-8,15H,9-12H2,1-4H3. The highest BCUT2D eigenvalue weighted by Crippen LogP contribution is 2.37. The molecule has 2 saturated heterocycles. The molecule has 2 fully saturated rings. The molecule has 3 rings (SSSR count). The fraction of sp³-hybridized carbons (Fsp3) is 0.667. The molecule has 7 heteroatoms. The van der Waals surface area contributed by atoms with Crippen LogP contribution in [0.4, 0.5) is 13.2 Å². The molecule has 0 spiro atoms. The Morgan fingerprint density at radius 2 is 1.64 bits per heavy atom. The maximum Gasteiger partial charge on any atom is 0.494 e. The molecule has 0 bridgehead atoms. The van der Waals surface area contributed by atoms with Crippen molar-refractivity contribution >= 4 is 12.6 Å². The van der Waals surface area contributed by atoms with Crippen molar-refractivity contribution in [1.29, 1.82) is 0 Å². The summed E-state index contributed by atoms with van der Waals surface area (Å²) in [5.74, 6) is 0. The summed E-state index contributed by atoms with van der Waals surface area (Å²) in [5, 5.41) is 0. The highest BCUT2D eigenvalue weighted by atomic mass is 19.4. The molecule has 1 atom stereocenters. The largest absolute Gasteiger partial charge is 0.494 e. The second kappa shape index (κ2) is 6.29. The monoisotopic (exact) mass is 355 g/mol. The van der Waals surface area contributed by atoms with Crippen LogP contribution in [0, 0.1) is 0 Å². The van der Waals surface area contributed by atoms with Gasteiger partial charge in [0.15, 0.2) is 0 Å². The molecule has 3 nitrogen and oxygen atoms in total. The van der Waals surface area contributed by atoms with Gasteiger partial charge in [0, 0.05) is 19.1 Å². The van der Waals surface area contributed by atoms with Gasteiger partial charge in [-0.25, -0.2) is 0 Å². The molecule has 2 aliphatic heterocycles. The van der Waals surface area contributed by atoms with E-state index in [2.05, 4.69) is 0 Å². The number of hydrogen-bond acceptors (Lipinski definition) is 3. The van der Waals surface area contributed by atoms with Gasteiger partial charge in [0.05, 0.1) is 17.6 Å². The Labute approximate surface area is 147 Å². The van der Waals surface area contributed by atoms with Crippen molar-refractivity contribution in [1.82, 2.24) is 4.90 Å². The minimum atomic E-state index is -4.10. The Hall–Kier alpha value is -1.05. The first-order valence-electron chi connectivity index (χ1n) is 8.75. The van der Waals surface area contributed by atoms with Crippen LogP contribution in [0.15, 0.2) is 24.3 Å². The molecule has 1 aromatic rings. The maximum atomic E-state index is 12.4. The quantitative estimate of drug-likeness (QED) is 0.769. The summed E-state index contributed by atoms with van der Waals surface area (Å²) >= 11 is 0. The van der Waals surface area contributed by atoms with E-state index in [4.69, 9.17) is 9.31 Å². The zero-order valence-electron chi connectivity index (χ0n) is 15.2. The van der Waals surface area contributed by atoms with Gasteiger partial charge in [-0.05, 0) is 45.1 Å².